The number of nitrogens with zero attached hydrogens (tertiary/aromatic N) is 2. The molecule has 1 unspecified atom stereocenters. The fraction of sp³-hybridized carbons (Fsp3) is 0.421. The number of piperidine rings is 1. The largest absolute Gasteiger partial charge is 0.497 e. The van der Waals surface area contributed by atoms with Gasteiger partial charge in [-0.1, -0.05) is 6.08 Å². The molecule has 2 aliphatic heterocycles. The lowest BCUT2D eigenvalue weighted by atomic mass is 9.86. The molecular formula is C19H22N2O2. The molecule has 120 valence electrons. The molecule has 0 saturated carbocycles. The first kappa shape index (κ1) is 14.7. The van der Waals surface area contributed by atoms with Gasteiger partial charge < -0.3 is 9.84 Å². The minimum absolute atomic E-state index is 0.188. The SMILES string of the molecule is C=C[C@H]1CN2C[C@H]1C[C@@H]2[C@H](O)c1ccnc2ccc(OC)cc12. The summed E-state index contributed by atoms with van der Waals surface area (Å²) < 4.78 is 5.33. The van der Waals surface area contributed by atoms with E-state index in [1.54, 1.807) is 13.3 Å². The molecule has 4 rings (SSSR count). The Balaban J connectivity index is 1.68. The maximum absolute atomic E-state index is 11.0. The second-order valence-corrected chi connectivity index (χ2v) is 6.64. The van der Waals surface area contributed by atoms with Crippen molar-refractivity contribution in [2.75, 3.05) is 20.2 Å². The van der Waals surface area contributed by atoms with Crippen LogP contribution in [0.25, 0.3) is 10.9 Å². The monoisotopic (exact) mass is 310 g/mol. The first-order chi connectivity index (χ1) is 11.2. The second-order valence-electron chi connectivity index (χ2n) is 6.64. The third-order valence-corrected chi connectivity index (χ3v) is 5.50. The van der Waals surface area contributed by atoms with E-state index in [9.17, 15) is 5.11 Å². The Morgan fingerprint density at radius 2 is 2.26 bits per heavy atom. The second kappa shape index (κ2) is 5.62. The number of aromatic nitrogens is 1. The zero-order valence-electron chi connectivity index (χ0n) is 13.4. The molecule has 1 aromatic carbocycles. The highest BCUT2D eigenvalue weighted by molar-refractivity contribution is 5.83. The number of ether oxygens (including phenoxy) is 1. The van der Waals surface area contributed by atoms with Crippen molar-refractivity contribution in [3.05, 3.63) is 48.7 Å². The minimum atomic E-state index is -0.497. The van der Waals surface area contributed by atoms with Gasteiger partial charge in [0.25, 0.3) is 0 Å². The van der Waals surface area contributed by atoms with Gasteiger partial charge in [-0.2, -0.15) is 0 Å². The molecule has 0 radical (unpaired) electrons. The van der Waals surface area contributed by atoms with Crippen LogP contribution in [0.5, 0.6) is 5.75 Å². The van der Waals surface area contributed by atoms with E-state index in [1.807, 2.05) is 24.3 Å². The van der Waals surface area contributed by atoms with Crippen LogP contribution in [-0.2, 0) is 0 Å². The van der Waals surface area contributed by atoms with Crippen LogP contribution in [-0.4, -0.2) is 41.2 Å². The number of methoxy groups -OCH3 is 1. The summed E-state index contributed by atoms with van der Waals surface area (Å²) in [4.78, 5) is 6.82. The van der Waals surface area contributed by atoms with Gasteiger partial charge in [0.2, 0.25) is 0 Å². The highest BCUT2D eigenvalue weighted by Crippen LogP contribution is 2.43. The summed E-state index contributed by atoms with van der Waals surface area (Å²) in [5.41, 5.74) is 1.84. The quantitative estimate of drug-likeness (QED) is 0.882. The number of aliphatic hydroxyl groups is 1. The molecule has 1 N–H and O–H groups in total. The van der Waals surface area contributed by atoms with Crippen LogP contribution in [0.1, 0.15) is 18.1 Å². The normalized spacial score (nSPS) is 30.5. The van der Waals surface area contributed by atoms with E-state index >= 15 is 0 Å². The lowest BCUT2D eigenvalue weighted by Gasteiger charge is -2.32. The van der Waals surface area contributed by atoms with Gasteiger partial charge in [-0.25, -0.2) is 0 Å². The van der Waals surface area contributed by atoms with Crippen molar-refractivity contribution in [3.63, 3.8) is 0 Å². The lowest BCUT2D eigenvalue weighted by molar-refractivity contribution is 0.0644. The molecule has 0 amide bonds. The van der Waals surface area contributed by atoms with Gasteiger partial charge in [-0.3, -0.25) is 9.88 Å². The van der Waals surface area contributed by atoms with E-state index in [1.165, 1.54) is 0 Å². The molecule has 5 atom stereocenters. The Hall–Kier alpha value is -1.91. The number of aliphatic hydroxyl groups excluding tert-OH is 1. The average Bonchev–Trinajstić information content (AvgIpc) is 3.20. The predicted molar refractivity (Wildman–Crippen MR) is 90.4 cm³/mol. The summed E-state index contributed by atoms with van der Waals surface area (Å²) in [5, 5.41) is 12.0. The van der Waals surface area contributed by atoms with Crippen molar-refractivity contribution in [2.24, 2.45) is 11.8 Å². The zero-order chi connectivity index (χ0) is 16.0. The fourth-order valence-corrected chi connectivity index (χ4v) is 4.24. The van der Waals surface area contributed by atoms with Crippen molar-refractivity contribution < 1.29 is 9.84 Å². The van der Waals surface area contributed by atoms with E-state index in [2.05, 4.69) is 22.5 Å². The van der Waals surface area contributed by atoms with Gasteiger partial charge in [0.1, 0.15) is 5.75 Å². The number of fused-ring (bicyclic) bond motifs is 3. The molecule has 2 aromatic rings. The van der Waals surface area contributed by atoms with E-state index < -0.39 is 6.10 Å². The molecule has 0 aliphatic carbocycles. The van der Waals surface area contributed by atoms with Gasteiger partial charge in [0.05, 0.1) is 18.7 Å². The van der Waals surface area contributed by atoms with E-state index in [4.69, 9.17) is 4.74 Å². The third-order valence-electron chi connectivity index (χ3n) is 5.50. The van der Waals surface area contributed by atoms with Crippen molar-refractivity contribution in [1.82, 2.24) is 9.88 Å². The van der Waals surface area contributed by atoms with Crippen LogP contribution in [0.15, 0.2) is 43.1 Å². The predicted octanol–water partition coefficient (Wildman–Crippen LogP) is 2.78. The van der Waals surface area contributed by atoms with Crippen LogP contribution in [0.4, 0.5) is 0 Å². The highest BCUT2D eigenvalue weighted by Gasteiger charge is 2.45. The summed E-state index contributed by atoms with van der Waals surface area (Å²) in [5.74, 6) is 2.00. The molecule has 0 spiro atoms. The number of benzene rings is 1. The van der Waals surface area contributed by atoms with Crippen molar-refractivity contribution in [2.45, 2.75) is 18.6 Å². The van der Waals surface area contributed by atoms with Crippen LogP contribution >= 0.6 is 0 Å². The maximum Gasteiger partial charge on any atom is 0.119 e. The van der Waals surface area contributed by atoms with Crippen LogP contribution in [0, 0.1) is 11.8 Å². The average molecular weight is 310 g/mol. The first-order valence-corrected chi connectivity index (χ1v) is 8.18. The summed E-state index contributed by atoms with van der Waals surface area (Å²) in [7, 11) is 1.66. The summed E-state index contributed by atoms with van der Waals surface area (Å²) in [6.07, 6.45) is 4.39. The molecule has 4 heteroatoms. The van der Waals surface area contributed by atoms with Gasteiger partial charge in [-0.15, -0.1) is 6.58 Å². The molecule has 2 aliphatic rings. The topological polar surface area (TPSA) is 45.6 Å². The number of rotatable bonds is 4. The van der Waals surface area contributed by atoms with E-state index in [0.717, 1.165) is 41.7 Å². The van der Waals surface area contributed by atoms with Crippen molar-refractivity contribution in [3.8, 4) is 5.75 Å². The first-order valence-electron chi connectivity index (χ1n) is 8.18. The standard InChI is InChI=1S/C19H22N2O2/c1-3-12-10-21-11-13(12)8-18(21)19(22)15-6-7-20-17-5-4-14(23-2)9-16(15)17/h3-7,9,12-13,18-19,22H,1,8,10-11H2,2H3/t12-,13+,18+,19+/m0/s1. The molecule has 2 fully saturated rings. The van der Waals surface area contributed by atoms with Crippen LogP contribution < -0.4 is 4.74 Å². The molecule has 1 aromatic heterocycles. The van der Waals surface area contributed by atoms with Gasteiger partial charge >= 0.3 is 0 Å². The summed E-state index contributed by atoms with van der Waals surface area (Å²) in [6, 6.07) is 7.94. The van der Waals surface area contributed by atoms with E-state index in [-0.39, 0.29) is 6.04 Å². The fourth-order valence-electron chi connectivity index (χ4n) is 4.24. The highest BCUT2D eigenvalue weighted by atomic mass is 16.5. The summed E-state index contributed by atoms with van der Waals surface area (Å²) in [6.45, 7) is 6.03. The Kier molecular flexibility index (Phi) is 3.58. The third kappa shape index (κ3) is 2.33. The Bertz CT molecular complexity index is 745. The maximum atomic E-state index is 11.0. The Morgan fingerprint density at radius 3 is 2.96 bits per heavy atom. The van der Waals surface area contributed by atoms with Crippen molar-refractivity contribution >= 4 is 10.9 Å². The molecule has 2 saturated heterocycles. The minimum Gasteiger partial charge on any atom is -0.497 e. The smallest absolute Gasteiger partial charge is 0.119 e. The van der Waals surface area contributed by atoms with Gasteiger partial charge in [0.15, 0.2) is 0 Å². The molecular weight excluding hydrogens is 288 g/mol. The number of hydrogen-bond acceptors (Lipinski definition) is 4. The van der Waals surface area contributed by atoms with Gasteiger partial charge in [-0.05, 0) is 48.1 Å². The molecule has 3 heterocycles. The van der Waals surface area contributed by atoms with Gasteiger partial charge in [0, 0.05) is 30.7 Å². The zero-order valence-corrected chi connectivity index (χ0v) is 13.4. The lowest BCUT2D eigenvalue weighted by Crippen LogP contribution is -2.37. The van der Waals surface area contributed by atoms with Crippen LogP contribution in [0.3, 0.4) is 0 Å². The molecule has 2 bridgehead atoms. The Labute approximate surface area is 136 Å². The number of pyridine rings is 1. The van der Waals surface area contributed by atoms with E-state index in [0.29, 0.717) is 11.8 Å². The van der Waals surface area contributed by atoms with Crippen molar-refractivity contribution in [1.29, 1.82) is 0 Å². The molecule has 23 heavy (non-hydrogen) atoms. The number of hydrogen-bond donors (Lipinski definition) is 1. The summed E-state index contributed by atoms with van der Waals surface area (Å²) >= 11 is 0. The molecule has 4 nitrogen and oxygen atoms in total. The Morgan fingerprint density at radius 1 is 1.39 bits per heavy atom. The van der Waals surface area contributed by atoms with Crippen LogP contribution in [0.2, 0.25) is 0 Å².